The minimum atomic E-state index is -4.53. The molecule has 1 aliphatic heterocycles. The maximum Gasteiger partial charge on any atom is 0.416 e. The highest BCUT2D eigenvalue weighted by molar-refractivity contribution is 5.52. The largest absolute Gasteiger partial charge is 0.497 e. The van der Waals surface area contributed by atoms with E-state index in [1.165, 1.54) is 7.11 Å². The summed E-state index contributed by atoms with van der Waals surface area (Å²) in [5.74, 6) is 0.00365. The predicted molar refractivity (Wildman–Crippen MR) is 89.6 cm³/mol. The summed E-state index contributed by atoms with van der Waals surface area (Å²) < 4.78 is 46.5. The molecule has 6 heteroatoms. The van der Waals surface area contributed by atoms with Crippen LogP contribution in [-0.4, -0.2) is 37.3 Å². The number of fused-ring (bicyclic) bond motifs is 1. The van der Waals surface area contributed by atoms with Crippen molar-refractivity contribution < 1.29 is 23.0 Å². The lowest BCUT2D eigenvalue weighted by molar-refractivity contribution is -0.151. The number of alkyl halides is 3. The van der Waals surface area contributed by atoms with Crippen molar-refractivity contribution in [3.63, 3.8) is 0 Å². The van der Waals surface area contributed by atoms with Gasteiger partial charge in [0.15, 0.2) is 0 Å². The van der Waals surface area contributed by atoms with Crippen LogP contribution in [0.25, 0.3) is 0 Å². The van der Waals surface area contributed by atoms with Crippen molar-refractivity contribution in [1.29, 1.82) is 0 Å². The third-order valence-corrected chi connectivity index (χ3v) is 6.09. The van der Waals surface area contributed by atoms with Gasteiger partial charge in [-0.1, -0.05) is 13.8 Å². The zero-order chi connectivity index (χ0) is 18.6. The van der Waals surface area contributed by atoms with Crippen LogP contribution in [0.3, 0.4) is 0 Å². The SMILES string of the molecule is COc1cc2c(c(C(F)(F)F)c1)C(O)(C1CCN(C)CC1)C(C)(C)C2. The minimum Gasteiger partial charge on any atom is -0.497 e. The number of likely N-dealkylation sites (tertiary alicyclic amines) is 1. The zero-order valence-corrected chi connectivity index (χ0v) is 15.2. The van der Waals surface area contributed by atoms with Crippen LogP contribution in [0.1, 0.15) is 43.4 Å². The Labute approximate surface area is 146 Å². The van der Waals surface area contributed by atoms with Crippen LogP contribution in [0.4, 0.5) is 13.2 Å². The lowest BCUT2D eigenvalue weighted by atomic mass is 9.64. The Morgan fingerprint density at radius 3 is 2.32 bits per heavy atom. The minimum absolute atomic E-state index is 0.0698. The summed E-state index contributed by atoms with van der Waals surface area (Å²) in [4.78, 5) is 2.15. The number of aliphatic hydroxyl groups is 1. The van der Waals surface area contributed by atoms with E-state index in [0.717, 1.165) is 19.2 Å². The van der Waals surface area contributed by atoms with Crippen molar-refractivity contribution in [2.45, 2.75) is 44.9 Å². The summed E-state index contributed by atoms with van der Waals surface area (Å²) in [6, 6.07) is 2.68. The van der Waals surface area contributed by atoms with E-state index in [4.69, 9.17) is 4.74 Å². The highest BCUT2D eigenvalue weighted by atomic mass is 19.4. The van der Waals surface area contributed by atoms with Crippen LogP contribution < -0.4 is 4.74 Å². The molecule has 2 aliphatic rings. The maximum atomic E-state index is 13.8. The molecule has 1 aromatic rings. The van der Waals surface area contributed by atoms with Gasteiger partial charge < -0.3 is 14.7 Å². The molecule has 3 rings (SSSR count). The van der Waals surface area contributed by atoms with E-state index >= 15 is 0 Å². The van der Waals surface area contributed by atoms with Crippen LogP contribution in [-0.2, 0) is 18.2 Å². The molecule has 1 aromatic carbocycles. The van der Waals surface area contributed by atoms with Crippen molar-refractivity contribution >= 4 is 0 Å². The van der Waals surface area contributed by atoms with Gasteiger partial charge in [-0.25, -0.2) is 0 Å². The van der Waals surface area contributed by atoms with E-state index in [1.807, 2.05) is 20.9 Å². The number of methoxy groups -OCH3 is 1. The van der Waals surface area contributed by atoms with Crippen molar-refractivity contribution in [3.05, 3.63) is 28.8 Å². The van der Waals surface area contributed by atoms with Crippen molar-refractivity contribution in [2.24, 2.45) is 11.3 Å². The number of hydrogen-bond acceptors (Lipinski definition) is 3. The Morgan fingerprint density at radius 2 is 1.80 bits per heavy atom. The van der Waals surface area contributed by atoms with Crippen LogP contribution in [0.15, 0.2) is 12.1 Å². The number of halogens is 3. The fourth-order valence-corrected chi connectivity index (χ4v) is 4.74. The normalized spacial score (nSPS) is 27.4. The monoisotopic (exact) mass is 357 g/mol. The van der Waals surface area contributed by atoms with E-state index in [2.05, 4.69) is 4.90 Å². The van der Waals surface area contributed by atoms with Gasteiger partial charge >= 0.3 is 6.18 Å². The van der Waals surface area contributed by atoms with Gasteiger partial charge in [0, 0.05) is 11.0 Å². The number of nitrogens with zero attached hydrogens (tertiary/aromatic N) is 1. The average molecular weight is 357 g/mol. The molecule has 25 heavy (non-hydrogen) atoms. The molecule has 0 spiro atoms. The van der Waals surface area contributed by atoms with Gasteiger partial charge in [-0.3, -0.25) is 0 Å². The fourth-order valence-electron chi connectivity index (χ4n) is 4.74. The first-order chi connectivity index (χ1) is 11.5. The summed E-state index contributed by atoms with van der Waals surface area (Å²) in [5, 5.41) is 11.7. The Hall–Kier alpha value is -1.27. The predicted octanol–water partition coefficient (Wildman–Crippen LogP) is 3.83. The van der Waals surface area contributed by atoms with Gasteiger partial charge in [0.05, 0.1) is 18.3 Å². The average Bonchev–Trinajstić information content (AvgIpc) is 2.73. The molecule has 1 unspecified atom stereocenters. The van der Waals surface area contributed by atoms with Crippen LogP contribution in [0.2, 0.25) is 0 Å². The third-order valence-electron chi connectivity index (χ3n) is 6.09. The molecule has 0 aromatic heterocycles. The Kier molecular flexibility index (Phi) is 4.35. The van der Waals surface area contributed by atoms with Crippen LogP contribution in [0.5, 0.6) is 5.75 Å². The number of piperidine rings is 1. The molecule has 1 heterocycles. The number of hydrogen-bond donors (Lipinski definition) is 1. The Balaban J connectivity index is 2.19. The van der Waals surface area contributed by atoms with E-state index in [0.29, 0.717) is 24.8 Å². The summed E-state index contributed by atoms with van der Waals surface area (Å²) in [6.45, 7) is 5.32. The smallest absolute Gasteiger partial charge is 0.416 e. The standard InChI is InChI=1S/C19H26F3NO2/c1-17(2)11-12-9-14(25-4)10-15(19(20,21)22)16(12)18(17,24)13-5-7-23(3)8-6-13/h9-10,13,24H,5-8,11H2,1-4H3. The van der Waals surface area contributed by atoms with Crippen molar-refractivity contribution in [2.75, 3.05) is 27.2 Å². The topological polar surface area (TPSA) is 32.7 Å². The molecule has 1 saturated heterocycles. The number of benzene rings is 1. The first kappa shape index (κ1) is 18.5. The van der Waals surface area contributed by atoms with Crippen LogP contribution in [0, 0.1) is 11.3 Å². The molecule has 1 atom stereocenters. The summed E-state index contributed by atoms with van der Waals surface area (Å²) >= 11 is 0. The van der Waals surface area contributed by atoms with Gasteiger partial charge in [0.2, 0.25) is 0 Å². The van der Waals surface area contributed by atoms with Gasteiger partial charge in [-0.15, -0.1) is 0 Å². The number of ether oxygens (including phenoxy) is 1. The second-order valence-corrected chi connectivity index (χ2v) is 8.11. The second kappa shape index (κ2) is 5.88. The molecular weight excluding hydrogens is 331 g/mol. The van der Waals surface area contributed by atoms with Crippen molar-refractivity contribution in [3.8, 4) is 5.75 Å². The van der Waals surface area contributed by atoms with Gasteiger partial charge in [0.1, 0.15) is 5.75 Å². The summed E-state index contributed by atoms with van der Waals surface area (Å²) in [5.41, 5.74) is -2.28. The Morgan fingerprint density at radius 1 is 1.20 bits per heavy atom. The maximum absolute atomic E-state index is 13.8. The van der Waals surface area contributed by atoms with Crippen molar-refractivity contribution in [1.82, 2.24) is 4.90 Å². The molecule has 3 nitrogen and oxygen atoms in total. The van der Waals surface area contributed by atoms with Gasteiger partial charge in [0.25, 0.3) is 0 Å². The first-order valence-corrected chi connectivity index (χ1v) is 8.70. The Bertz CT molecular complexity index is 663. The number of rotatable bonds is 2. The van der Waals surface area contributed by atoms with E-state index in [-0.39, 0.29) is 17.2 Å². The van der Waals surface area contributed by atoms with Gasteiger partial charge in [-0.05, 0) is 63.0 Å². The summed E-state index contributed by atoms with van der Waals surface area (Å²) in [6.07, 6.45) is -2.73. The molecule has 0 saturated carbocycles. The van der Waals surface area contributed by atoms with Gasteiger partial charge in [-0.2, -0.15) is 13.2 Å². The molecular formula is C19H26F3NO2. The fraction of sp³-hybridized carbons (Fsp3) is 0.684. The molecule has 1 aliphatic carbocycles. The molecule has 0 bridgehead atoms. The third kappa shape index (κ3) is 2.83. The van der Waals surface area contributed by atoms with Crippen LogP contribution >= 0.6 is 0 Å². The quantitative estimate of drug-likeness (QED) is 0.873. The summed E-state index contributed by atoms with van der Waals surface area (Å²) in [7, 11) is 3.37. The highest BCUT2D eigenvalue weighted by Crippen LogP contribution is 2.59. The zero-order valence-electron chi connectivity index (χ0n) is 15.2. The highest BCUT2D eigenvalue weighted by Gasteiger charge is 2.59. The molecule has 0 radical (unpaired) electrons. The molecule has 1 N–H and O–H groups in total. The molecule has 140 valence electrons. The lowest BCUT2D eigenvalue weighted by Gasteiger charge is -2.47. The first-order valence-electron chi connectivity index (χ1n) is 8.70. The van der Waals surface area contributed by atoms with E-state index in [1.54, 1.807) is 6.07 Å². The second-order valence-electron chi connectivity index (χ2n) is 8.11. The molecule has 1 fully saturated rings. The van der Waals surface area contributed by atoms with E-state index < -0.39 is 22.8 Å². The lowest BCUT2D eigenvalue weighted by Crippen LogP contribution is -2.49. The molecule has 0 amide bonds. The van der Waals surface area contributed by atoms with E-state index in [9.17, 15) is 18.3 Å².